The number of rotatable bonds is 5. The van der Waals surface area contributed by atoms with Crippen molar-refractivity contribution in [1.29, 1.82) is 0 Å². The van der Waals surface area contributed by atoms with Gasteiger partial charge in [-0.2, -0.15) is 0 Å². The molecule has 0 aromatic carbocycles. The summed E-state index contributed by atoms with van der Waals surface area (Å²) in [6.07, 6.45) is 1.31. The van der Waals surface area contributed by atoms with Crippen LogP contribution in [0.3, 0.4) is 0 Å². The van der Waals surface area contributed by atoms with Crippen LogP contribution in [-0.4, -0.2) is 54.1 Å². The summed E-state index contributed by atoms with van der Waals surface area (Å²) < 4.78 is 0. The predicted octanol–water partition coefficient (Wildman–Crippen LogP) is 0.615. The first-order chi connectivity index (χ1) is 9.16. The zero-order valence-electron chi connectivity index (χ0n) is 11.1. The highest BCUT2D eigenvalue weighted by molar-refractivity contribution is 5.46. The third kappa shape index (κ3) is 3.87. The maximum absolute atomic E-state index is 10.7. The molecule has 1 aromatic rings. The lowest BCUT2D eigenvalue weighted by Crippen LogP contribution is -2.45. The van der Waals surface area contributed by atoms with Crippen LogP contribution in [0.15, 0.2) is 12.3 Å². The molecule has 0 atom stereocenters. The summed E-state index contributed by atoms with van der Waals surface area (Å²) in [5.74, 6) is 0.693. The Morgan fingerprint density at radius 1 is 1.53 bits per heavy atom. The molecular formula is C12H19N5O2. The average molecular weight is 265 g/mol. The second-order valence-electron chi connectivity index (χ2n) is 4.63. The molecule has 1 aromatic heterocycles. The van der Waals surface area contributed by atoms with E-state index in [1.807, 2.05) is 0 Å². The zero-order chi connectivity index (χ0) is 13.7. The van der Waals surface area contributed by atoms with Gasteiger partial charge >= 0.3 is 0 Å². The van der Waals surface area contributed by atoms with Gasteiger partial charge in [0.25, 0.3) is 5.69 Å². The molecule has 2 N–H and O–H groups in total. The second-order valence-corrected chi connectivity index (χ2v) is 4.63. The minimum Gasteiger partial charge on any atom is -0.369 e. The Labute approximate surface area is 112 Å². The van der Waals surface area contributed by atoms with Gasteiger partial charge in [-0.15, -0.1) is 0 Å². The van der Waals surface area contributed by atoms with Gasteiger partial charge in [0.15, 0.2) is 0 Å². The molecule has 0 bridgehead atoms. The van der Waals surface area contributed by atoms with Crippen LogP contribution in [0, 0.1) is 17.0 Å². The van der Waals surface area contributed by atoms with Crippen molar-refractivity contribution in [3.05, 3.63) is 27.9 Å². The summed E-state index contributed by atoms with van der Waals surface area (Å²) in [6.45, 7) is 7.68. The Hall–Kier alpha value is -1.73. The van der Waals surface area contributed by atoms with Crippen molar-refractivity contribution in [3.63, 3.8) is 0 Å². The van der Waals surface area contributed by atoms with E-state index in [4.69, 9.17) is 0 Å². The monoisotopic (exact) mass is 265 g/mol. The van der Waals surface area contributed by atoms with E-state index in [0.29, 0.717) is 11.4 Å². The minimum atomic E-state index is -0.410. The van der Waals surface area contributed by atoms with Crippen LogP contribution in [0.4, 0.5) is 11.5 Å². The molecule has 1 saturated heterocycles. The van der Waals surface area contributed by atoms with Gasteiger partial charge in [-0.3, -0.25) is 15.0 Å². The highest BCUT2D eigenvalue weighted by atomic mass is 16.6. The molecule has 7 nitrogen and oxygen atoms in total. The summed E-state index contributed by atoms with van der Waals surface area (Å²) in [4.78, 5) is 16.7. The van der Waals surface area contributed by atoms with Crippen LogP contribution in [0.25, 0.3) is 0 Å². The third-order valence-electron chi connectivity index (χ3n) is 3.22. The number of pyridine rings is 1. The lowest BCUT2D eigenvalue weighted by Gasteiger charge is -2.27. The molecule has 0 amide bonds. The molecular weight excluding hydrogens is 246 g/mol. The number of hydrogen-bond acceptors (Lipinski definition) is 6. The van der Waals surface area contributed by atoms with E-state index in [1.165, 1.54) is 6.20 Å². The van der Waals surface area contributed by atoms with E-state index in [1.54, 1.807) is 13.0 Å². The van der Waals surface area contributed by atoms with Gasteiger partial charge in [-0.05, 0) is 13.0 Å². The van der Waals surface area contributed by atoms with E-state index < -0.39 is 4.92 Å². The Balaban J connectivity index is 1.82. The molecule has 104 valence electrons. The van der Waals surface area contributed by atoms with E-state index >= 15 is 0 Å². The van der Waals surface area contributed by atoms with Gasteiger partial charge < -0.3 is 10.6 Å². The number of piperazine rings is 1. The van der Waals surface area contributed by atoms with Gasteiger partial charge in [-0.25, -0.2) is 4.98 Å². The van der Waals surface area contributed by atoms with E-state index in [9.17, 15) is 10.1 Å². The summed E-state index contributed by atoms with van der Waals surface area (Å²) >= 11 is 0. The lowest BCUT2D eigenvalue weighted by molar-refractivity contribution is -0.385. The van der Waals surface area contributed by atoms with Crippen molar-refractivity contribution < 1.29 is 4.92 Å². The Kier molecular flexibility index (Phi) is 4.64. The maximum atomic E-state index is 10.7. The van der Waals surface area contributed by atoms with E-state index in [-0.39, 0.29) is 5.69 Å². The Morgan fingerprint density at radius 2 is 2.26 bits per heavy atom. The number of anilines is 1. The van der Waals surface area contributed by atoms with Crippen molar-refractivity contribution in [1.82, 2.24) is 15.2 Å². The summed E-state index contributed by atoms with van der Waals surface area (Å²) in [7, 11) is 0. The fourth-order valence-electron chi connectivity index (χ4n) is 2.11. The number of nitro groups is 1. The quantitative estimate of drug-likeness (QED) is 0.599. The number of nitrogens with zero attached hydrogens (tertiary/aromatic N) is 3. The first kappa shape index (κ1) is 13.7. The number of aromatic nitrogens is 1. The average Bonchev–Trinajstić information content (AvgIpc) is 2.39. The smallest absolute Gasteiger partial charge is 0.290 e. The van der Waals surface area contributed by atoms with Crippen LogP contribution in [0.5, 0.6) is 0 Å². The SMILES string of the molecule is Cc1cc(NCCN2CCNCC2)ncc1[N+](=O)[O-]. The molecule has 1 fully saturated rings. The van der Waals surface area contributed by atoms with Gasteiger partial charge in [0.1, 0.15) is 12.0 Å². The molecule has 19 heavy (non-hydrogen) atoms. The van der Waals surface area contributed by atoms with Gasteiger partial charge in [0.05, 0.1) is 4.92 Å². The second kappa shape index (κ2) is 6.44. The standard InChI is InChI=1S/C12H19N5O2/c1-10-8-12(15-9-11(10)17(18)19)14-4-7-16-5-2-13-3-6-16/h8-9,13H,2-7H2,1H3,(H,14,15). The number of nitrogens with one attached hydrogen (secondary N) is 2. The fourth-order valence-corrected chi connectivity index (χ4v) is 2.11. The fraction of sp³-hybridized carbons (Fsp3) is 0.583. The molecule has 1 aliphatic rings. The number of hydrogen-bond donors (Lipinski definition) is 2. The van der Waals surface area contributed by atoms with Gasteiger partial charge in [0.2, 0.25) is 0 Å². The zero-order valence-corrected chi connectivity index (χ0v) is 11.1. The predicted molar refractivity (Wildman–Crippen MR) is 73.4 cm³/mol. The molecule has 0 aliphatic carbocycles. The topological polar surface area (TPSA) is 83.3 Å². The van der Waals surface area contributed by atoms with Crippen molar-refractivity contribution in [2.45, 2.75) is 6.92 Å². The van der Waals surface area contributed by atoms with Crippen LogP contribution >= 0.6 is 0 Å². The van der Waals surface area contributed by atoms with Crippen molar-refractivity contribution in [2.24, 2.45) is 0 Å². The van der Waals surface area contributed by atoms with Crippen LogP contribution in [-0.2, 0) is 0 Å². The lowest BCUT2D eigenvalue weighted by atomic mass is 10.2. The molecule has 0 radical (unpaired) electrons. The normalized spacial score (nSPS) is 16.3. The van der Waals surface area contributed by atoms with Crippen LogP contribution in [0.1, 0.15) is 5.56 Å². The highest BCUT2D eigenvalue weighted by Gasteiger charge is 2.12. The molecule has 0 saturated carbocycles. The molecule has 1 aliphatic heterocycles. The largest absolute Gasteiger partial charge is 0.369 e. The van der Waals surface area contributed by atoms with Gasteiger partial charge in [0, 0.05) is 44.8 Å². The van der Waals surface area contributed by atoms with Gasteiger partial charge in [-0.1, -0.05) is 0 Å². The van der Waals surface area contributed by atoms with Crippen molar-refractivity contribution >= 4 is 11.5 Å². The first-order valence-electron chi connectivity index (χ1n) is 6.45. The third-order valence-corrected chi connectivity index (χ3v) is 3.22. The summed E-state index contributed by atoms with van der Waals surface area (Å²) in [6, 6.07) is 1.72. The first-order valence-corrected chi connectivity index (χ1v) is 6.45. The van der Waals surface area contributed by atoms with Crippen LogP contribution < -0.4 is 10.6 Å². The molecule has 2 rings (SSSR count). The number of aryl methyl sites for hydroxylation is 1. The van der Waals surface area contributed by atoms with Crippen LogP contribution in [0.2, 0.25) is 0 Å². The molecule has 2 heterocycles. The minimum absolute atomic E-state index is 0.0626. The van der Waals surface area contributed by atoms with E-state index in [2.05, 4.69) is 20.5 Å². The van der Waals surface area contributed by atoms with E-state index in [0.717, 1.165) is 39.3 Å². The maximum Gasteiger partial charge on any atom is 0.290 e. The molecule has 0 unspecified atom stereocenters. The summed E-state index contributed by atoms with van der Waals surface area (Å²) in [5, 5.41) is 17.2. The Morgan fingerprint density at radius 3 is 2.89 bits per heavy atom. The molecule has 7 heteroatoms. The van der Waals surface area contributed by atoms with Crippen molar-refractivity contribution in [2.75, 3.05) is 44.6 Å². The summed E-state index contributed by atoms with van der Waals surface area (Å²) in [5.41, 5.74) is 0.692. The molecule has 0 spiro atoms. The Bertz CT molecular complexity index is 446. The highest BCUT2D eigenvalue weighted by Crippen LogP contribution is 2.18. The van der Waals surface area contributed by atoms with Crippen molar-refractivity contribution in [3.8, 4) is 0 Å².